The molecule has 8 aromatic rings. The summed E-state index contributed by atoms with van der Waals surface area (Å²) in [6.45, 7) is 0. The molecule has 2 aliphatic rings. The molecule has 0 heterocycles. The first kappa shape index (κ1) is 38.5. The molecular formula is C60H48N2. The van der Waals surface area contributed by atoms with Gasteiger partial charge in [0.05, 0.1) is 0 Å². The molecule has 0 saturated carbocycles. The number of para-hydroxylation sites is 1. The Labute approximate surface area is 366 Å². The number of hydrogen-bond acceptors (Lipinski definition) is 2. The van der Waals surface area contributed by atoms with Gasteiger partial charge in [0.2, 0.25) is 0 Å². The highest BCUT2D eigenvalue weighted by Crippen LogP contribution is 2.40. The van der Waals surface area contributed by atoms with Crippen LogP contribution in [-0.4, -0.2) is 0 Å². The van der Waals surface area contributed by atoms with E-state index in [9.17, 15) is 0 Å². The fourth-order valence-electron chi connectivity index (χ4n) is 8.72. The van der Waals surface area contributed by atoms with Gasteiger partial charge in [-0.15, -0.1) is 0 Å². The first-order valence-corrected chi connectivity index (χ1v) is 21.8. The Morgan fingerprint density at radius 3 is 1.03 bits per heavy atom. The average molecular weight is 797 g/mol. The van der Waals surface area contributed by atoms with Crippen LogP contribution in [0.25, 0.3) is 33.4 Å². The summed E-state index contributed by atoms with van der Waals surface area (Å²) in [4.78, 5) is 4.68. The van der Waals surface area contributed by atoms with Gasteiger partial charge < -0.3 is 9.80 Å². The van der Waals surface area contributed by atoms with Crippen LogP contribution in [0.2, 0.25) is 0 Å². The number of nitrogens with zero attached hydrogens (tertiary/aromatic N) is 2. The van der Waals surface area contributed by atoms with Crippen LogP contribution in [0.1, 0.15) is 30.7 Å². The number of allylic oxidation sites excluding steroid dienone is 8. The molecule has 0 spiro atoms. The lowest BCUT2D eigenvalue weighted by molar-refractivity contribution is 0.846. The van der Waals surface area contributed by atoms with E-state index in [0.717, 1.165) is 53.4 Å². The molecule has 0 N–H and O–H groups in total. The smallest absolute Gasteiger partial charge is 0.0462 e. The van der Waals surface area contributed by atoms with Gasteiger partial charge in [0.15, 0.2) is 0 Å². The first-order chi connectivity index (χ1) is 30.7. The fraction of sp³-hybridized carbons (Fsp3) is 0.0667. The molecule has 2 aliphatic carbocycles. The van der Waals surface area contributed by atoms with Gasteiger partial charge >= 0.3 is 0 Å². The van der Waals surface area contributed by atoms with E-state index in [1.165, 1.54) is 50.1 Å². The van der Waals surface area contributed by atoms with E-state index in [-0.39, 0.29) is 0 Å². The predicted octanol–water partition coefficient (Wildman–Crippen LogP) is 16.9. The number of anilines is 6. The summed E-state index contributed by atoms with van der Waals surface area (Å²) >= 11 is 0. The summed E-state index contributed by atoms with van der Waals surface area (Å²) in [6.07, 6.45) is 17.3. The molecule has 0 saturated heterocycles. The molecule has 0 amide bonds. The molecule has 1 atom stereocenters. The van der Waals surface area contributed by atoms with Crippen molar-refractivity contribution >= 4 is 34.1 Å². The second kappa shape index (κ2) is 17.9. The standard InChI is InChI=1S/C60H48N2/c1-5-13-45(14-6-1)48-21-23-49(24-22-48)52-29-39-56(40-30-52)61(55-19-11-4-12-20-55)57-41-31-53(32-42-57)54-33-43-60(44-34-54)62(58-35-25-50(26-36-58)46-15-7-2-8-16-46)59-37-27-51(28-38-59)47-17-9-3-10-18-47/h2-5,7-23,25-44,49H,1,6,24H2. The highest BCUT2D eigenvalue weighted by Gasteiger charge is 2.18. The van der Waals surface area contributed by atoms with Crippen LogP contribution in [-0.2, 0) is 0 Å². The third kappa shape index (κ3) is 8.37. The van der Waals surface area contributed by atoms with Crippen molar-refractivity contribution in [2.24, 2.45) is 0 Å². The van der Waals surface area contributed by atoms with E-state index in [1.807, 2.05) is 0 Å². The largest absolute Gasteiger partial charge is 0.311 e. The molecular weight excluding hydrogens is 749 g/mol. The van der Waals surface area contributed by atoms with Gasteiger partial charge in [-0.3, -0.25) is 0 Å². The maximum atomic E-state index is 2.40. The third-order valence-corrected chi connectivity index (χ3v) is 12.1. The van der Waals surface area contributed by atoms with Gasteiger partial charge in [0.25, 0.3) is 0 Å². The highest BCUT2D eigenvalue weighted by atomic mass is 15.1. The fourth-order valence-corrected chi connectivity index (χ4v) is 8.72. The van der Waals surface area contributed by atoms with Crippen molar-refractivity contribution < 1.29 is 0 Å². The third-order valence-electron chi connectivity index (χ3n) is 12.1. The Bertz CT molecular complexity index is 2770. The van der Waals surface area contributed by atoms with E-state index >= 15 is 0 Å². The Morgan fingerprint density at radius 1 is 0.306 bits per heavy atom. The second-order valence-electron chi connectivity index (χ2n) is 16.0. The summed E-state index contributed by atoms with van der Waals surface area (Å²) in [5.41, 5.74) is 17.9. The molecule has 62 heavy (non-hydrogen) atoms. The minimum Gasteiger partial charge on any atom is -0.311 e. The van der Waals surface area contributed by atoms with Gasteiger partial charge in [-0.25, -0.2) is 0 Å². The van der Waals surface area contributed by atoms with Crippen molar-refractivity contribution in [1.82, 2.24) is 0 Å². The zero-order chi connectivity index (χ0) is 41.5. The molecule has 0 aromatic heterocycles. The van der Waals surface area contributed by atoms with Gasteiger partial charge in [0.1, 0.15) is 0 Å². The molecule has 10 rings (SSSR count). The summed E-state index contributed by atoms with van der Waals surface area (Å²) in [7, 11) is 0. The maximum absolute atomic E-state index is 2.40. The zero-order valence-corrected chi connectivity index (χ0v) is 34.8. The van der Waals surface area contributed by atoms with Crippen LogP contribution in [0.15, 0.2) is 260 Å². The van der Waals surface area contributed by atoms with Crippen LogP contribution in [0.4, 0.5) is 34.1 Å². The van der Waals surface area contributed by atoms with Crippen LogP contribution >= 0.6 is 0 Å². The lowest BCUT2D eigenvalue weighted by Gasteiger charge is -2.27. The van der Waals surface area contributed by atoms with Crippen LogP contribution in [0.3, 0.4) is 0 Å². The van der Waals surface area contributed by atoms with E-state index < -0.39 is 0 Å². The molecule has 2 nitrogen and oxygen atoms in total. The van der Waals surface area contributed by atoms with Crippen molar-refractivity contribution in [1.29, 1.82) is 0 Å². The first-order valence-electron chi connectivity index (χ1n) is 21.8. The van der Waals surface area contributed by atoms with E-state index in [0.29, 0.717) is 5.92 Å². The Kier molecular flexibility index (Phi) is 11.1. The average Bonchev–Trinajstić information content (AvgIpc) is 3.36. The second-order valence-corrected chi connectivity index (χ2v) is 16.0. The zero-order valence-electron chi connectivity index (χ0n) is 34.8. The van der Waals surface area contributed by atoms with Crippen LogP contribution in [0.5, 0.6) is 0 Å². The molecule has 298 valence electrons. The van der Waals surface area contributed by atoms with E-state index in [2.05, 4.69) is 259 Å². The topological polar surface area (TPSA) is 6.48 Å². The Hall–Kier alpha value is -7.68. The monoisotopic (exact) mass is 796 g/mol. The number of hydrogen-bond donors (Lipinski definition) is 0. The highest BCUT2D eigenvalue weighted by molar-refractivity contribution is 5.82. The SMILES string of the molecule is C1=CC(C2=CCC(c3ccc(N(c4ccccc4)c4ccc(-c5ccc(N(c6ccc(-c7ccccc7)cc6)c6ccc(-c7ccccc7)cc6)cc5)cc4)cc3)C=C2)=CCC1. The minimum absolute atomic E-state index is 0.379. The van der Waals surface area contributed by atoms with Crippen molar-refractivity contribution in [3.63, 3.8) is 0 Å². The van der Waals surface area contributed by atoms with Crippen molar-refractivity contribution in [3.8, 4) is 33.4 Å². The van der Waals surface area contributed by atoms with E-state index in [4.69, 9.17) is 0 Å². The van der Waals surface area contributed by atoms with Crippen LogP contribution < -0.4 is 9.80 Å². The van der Waals surface area contributed by atoms with Gasteiger partial charge in [0, 0.05) is 40.0 Å². The quantitative estimate of drug-likeness (QED) is 0.129. The maximum Gasteiger partial charge on any atom is 0.0462 e. The van der Waals surface area contributed by atoms with Crippen molar-refractivity contribution in [2.45, 2.75) is 25.2 Å². The molecule has 8 aromatic carbocycles. The van der Waals surface area contributed by atoms with Gasteiger partial charge in [-0.05, 0) is 142 Å². The lowest BCUT2D eigenvalue weighted by Crippen LogP contribution is -2.10. The van der Waals surface area contributed by atoms with Crippen molar-refractivity contribution in [3.05, 3.63) is 265 Å². The van der Waals surface area contributed by atoms with E-state index in [1.54, 1.807) is 0 Å². The number of benzene rings is 8. The Balaban J connectivity index is 0.907. The summed E-state index contributed by atoms with van der Waals surface area (Å²) in [5, 5.41) is 0. The Morgan fingerprint density at radius 2 is 0.661 bits per heavy atom. The van der Waals surface area contributed by atoms with Gasteiger partial charge in [-0.1, -0.05) is 176 Å². The summed E-state index contributed by atoms with van der Waals surface area (Å²) in [6, 6.07) is 76.6. The molecule has 0 bridgehead atoms. The van der Waals surface area contributed by atoms with Crippen LogP contribution in [0, 0.1) is 0 Å². The molecule has 0 aliphatic heterocycles. The molecule has 2 heteroatoms. The normalized spacial score (nSPS) is 14.5. The molecule has 1 unspecified atom stereocenters. The van der Waals surface area contributed by atoms with Gasteiger partial charge in [-0.2, -0.15) is 0 Å². The molecule has 0 fully saturated rings. The summed E-state index contributed by atoms with van der Waals surface area (Å²) < 4.78 is 0. The molecule has 0 radical (unpaired) electrons. The summed E-state index contributed by atoms with van der Waals surface area (Å²) in [5.74, 6) is 0.379. The minimum atomic E-state index is 0.379. The van der Waals surface area contributed by atoms with Crippen molar-refractivity contribution in [2.75, 3.05) is 9.80 Å². The number of rotatable bonds is 11. The lowest BCUT2D eigenvalue weighted by atomic mass is 9.87. The predicted molar refractivity (Wildman–Crippen MR) is 263 cm³/mol.